The average Bonchev–Trinajstić information content (AvgIpc) is 3.83. The van der Waals surface area contributed by atoms with Gasteiger partial charge in [-0.25, -0.2) is 13.1 Å². The number of carbonyl (C=O) groups excluding carboxylic acids is 2. The molecule has 2 aromatic carbocycles. The molecule has 1 aliphatic heterocycles. The number of ether oxygens (including phenoxy) is 2. The summed E-state index contributed by atoms with van der Waals surface area (Å²) in [7, 11) is -2.52. The van der Waals surface area contributed by atoms with Crippen molar-refractivity contribution in [3.8, 4) is 5.75 Å². The van der Waals surface area contributed by atoms with E-state index in [9.17, 15) is 18.0 Å². The van der Waals surface area contributed by atoms with E-state index in [0.29, 0.717) is 34.8 Å². The number of sulfonamides is 1. The molecule has 0 bridgehead atoms. The summed E-state index contributed by atoms with van der Waals surface area (Å²) in [5, 5.41) is 13.4. The fourth-order valence-electron chi connectivity index (χ4n) is 5.79. The van der Waals surface area contributed by atoms with Crippen LogP contribution in [0.3, 0.4) is 0 Å². The standard InChI is InChI=1S/C30H34N6O6S2/c1-41-25-19-22(12-13-27(25)44(39,40)34-14-16-42-17-15-34)36(28(37)20-35-24-10-5-4-9-23(24)32-33-35)29(26-11-6-18-43-26)30(38)31-21-7-2-3-8-21/h4-6,9-13,18-19,21,29H,2-3,7-8,14-17,20H2,1H3,(H,31,38)/t29-/m0/s1. The van der Waals surface area contributed by atoms with Crippen molar-refractivity contribution >= 4 is 49.9 Å². The maximum absolute atomic E-state index is 14.3. The Hall–Kier alpha value is -3.85. The van der Waals surface area contributed by atoms with Gasteiger partial charge < -0.3 is 14.8 Å². The Balaban J connectivity index is 1.43. The highest BCUT2D eigenvalue weighted by atomic mass is 32.2. The molecular weight excluding hydrogens is 605 g/mol. The van der Waals surface area contributed by atoms with Gasteiger partial charge in [0.25, 0.3) is 0 Å². The number of hydrogen-bond acceptors (Lipinski definition) is 9. The van der Waals surface area contributed by atoms with Gasteiger partial charge >= 0.3 is 0 Å². The lowest BCUT2D eigenvalue weighted by atomic mass is 10.1. The van der Waals surface area contributed by atoms with Crippen molar-refractivity contribution in [1.29, 1.82) is 0 Å². The molecule has 0 spiro atoms. The van der Waals surface area contributed by atoms with Gasteiger partial charge in [0, 0.05) is 35.8 Å². The molecular formula is C30H34N6O6S2. The molecule has 2 aliphatic rings. The third-order valence-electron chi connectivity index (χ3n) is 8.01. The lowest BCUT2D eigenvalue weighted by molar-refractivity contribution is -0.127. The Morgan fingerprint density at radius 1 is 1.11 bits per heavy atom. The average molecular weight is 639 g/mol. The van der Waals surface area contributed by atoms with E-state index in [1.165, 1.54) is 44.5 Å². The van der Waals surface area contributed by atoms with Crippen LogP contribution in [0.4, 0.5) is 5.69 Å². The molecule has 3 heterocycles. The number of rotatable bonds is 10. The Bertz CT molecular complexity index is 1730. The van der Waals surface area contributed by atoms with Crippen molar-refractivity contribution in [3.05, 3.63) is 64.9 Å². The number of carbonyl (C=O) groups is 2. The fraction of sp³-hybridized carbons (Fsp3) is 0.400. The molecule has 1 saturated heterocycles. The highest BCUT2D eigenvalue weighted by molar-refractivity contribution is 7.89. The highest BCUT2D eigenvalue weighted by Gasteiger charge is 2.37. The van der Waals surface area contributed by atoms with Crippen molar-refractivity contribution in [2.24, 2.45) is 0 Å². The number of morpholine rings is 1. The summed E-state index contributed by atoms with van der Waals surface area (Å²) in [5.74, 6) is -0.661. The van der Waals surface area contributed by atoms with Gasteiger partial charge in [-0.3, -0.25) is 14.5 Å². The summed E-state index contributed by atoms with van der Waals surface area (Å²) in [6.07, 6.45) is 3.83. The number of nitrogens with zero attached hydrogens (tertiary/aromatic N) is 5. The maximum atomic E-state index is 14.3. The fourth-order valence-corrected chi connectivity index (χ4v) is 8.15. The van der Waals surface area contributed by atoms with Gasteiger partial charge in [0.15, 0.2) is 0 Å². The van der Waals surface area contributed by atoms with Crippen molar-refractivity contribution in [2.45, 2.75) is 49.2 Å². The number of para-hydroxylation sites is 1. The number of aromatic nitrogens is 3. The molecule has 14 heteroatoms. The molecule has 0 radical (unpaired) electrons. The van der Waals surface area contributed by atoms with E-state index in [4.69, 9.17) is 9.47 Å². The van der Waals surface area contributed by atoms with Gasteiger partial charge in [-0.05, 0) is 48.6 Å². The summed E-state index contributed by atoms with van der Waals surface area (Å²) in [6, 6.07) is 14.5. The number of nitrogens with one attached hydrogen (secondary N) is 1. The first kappa shape index (κ1) is 30.2. The van der Waals surface area contributed by atoms with Crippen LogP contribution in [0.25, 0.3) is 11.0 Å². The van der Waals surface area contributed by atoms with E-state index in [1.807, 2.05) is 41.8 Å². The number of thiophene rings is 1. The minimum absolute atomic E-state index is 0.0246. The summed E-state index contributed by atoms with van der Waals surface area (Å²) >= 11 is 1.37. The van der Waals surface area contributed by atoms with Crippen LogP contribution in [0.2, 0.25) is 0 Å². The number of hydrogen-bond donors (Lipinski definition) is 1. The number of benzene rings is 2. The van der Waals surface area contributed by atoms with E-state index in [2.05, 4.69) is 15.6 Å². The van der Waals surface area contributed by atoms with E-state index < -0.39 is 22.0 Å². The minimum atomic E-state index is -3.90. The largest absolute Gasteiger partial charge is 0.495 e. The van der Waals surface area contributed by atoms with E-state index >= 15 is 0 Å². The second-order valence-corrected chi connectivity index (χ2v) is 13.6. The van der Waals surface area contributed by atoms with Gasteiger partial charge in [-0.1, -0.05) is 36.3 Å². The lowest BCUT2D eigenvalue weighted by Crippen LogP contribution is -2.47. The van der Waals surface area contributed by atoms with Crippen molar-refractivity contribution in [3.63, 3.8) is 0 Å². The van der Waals surface area contributed by atoms with Crippen molar-refractivity contribution < 1.29 is 27.5 Å². The molecule has 1 N–H and O–H groups in total. The Morgan fingerprint density at radius 3 is 2.61 bits per heavy atom. The quantitative estimate of drug-likeness (QED) is 0.279. The SMILES string of the molecule is COc1cc(N(C(=O)Cn2nnc3ccccc32)[C@H](C(=O)NC2CCCC2)c2cccs2)ccc1S(=O)(=O)N1CCOCC1. The van der Waals surface area contributed by atoms with Crippen LogP contribution < -0.4 is 15.0 Å². The molecule has 2 amide bonds. The first-order chi connectivity index (χ1) is 21.4. The third kappa shape index (κ3) is 6.07. The zero-order chi connectivity index (χ0) is 30.7. The molecule has 4 aromatic rings. The zero-order valence-electron chi connectivity index (χ0n) is 24.3. The molecule has 1 saturated carbocycles. The number of anilines is 1. The second-order valence-electron chi connectivity index (χ2n) is 10.8. The molecule has 1 aliphatic carbocycles. The molecule has 2 aromatic heterocycles. The predicted molar refractivity (Wildman–Crippen MR) is 165 cm³/mol. The predicted octanol–water partition coefficient (Wildman–Crippen LogP) is 3.36. The maximum Gasteiger partial charge on any atom is 0.249 e. The molecule has 12 nitrogen and oxygen atoms in total. The Kier molecular flexibility index (Phi) is 8.93. The van der Waals surface area contributed by atoms with Gasteiger partial charge in [0.05, 0.1) is 25.8 Å². The van der Waals surface area contributed by atoms with E-state index in [0.717, 1.165) is 25.7 Å². The van der Waals surface area contributed by atoms with Crippen LogP contribution in [0, 0.1) is 0 Å². The summed E-state index contributed by atoms with van der Waals surface area (Å²) < 4.78 is 40.9. The topological polar surface area (TPSA) is 136 Å². The lowest BCUT2D eigenvalue weighted by Gasteiger charge is -2.32. The monoisotopic (exact) mass is 638 g/mol. The molecule has 44 heavy (non-hydrogen) atoms. The Morgan fingerprint density at radius 2 is 1.89 bits per heavy atom. The smallest absolute Gasteiger partial charge is 0.249 e. The molecule has 1 atom stereocenters. The third-order valence-corrected chi connectivity index (χ3v) is 10.9. The van der Waals surface area contributed by atoms with Crippen LogP contribution >= 0.6 is 11.3 Å². The zero-order valence-corrected chi connectivity index (χ0v) is 25.9. The molecule has 2 fully saturated rings. The summed E-state index contributed by atoms with van der Waals surface area (Å²) in [4.78, 5) is 30.4. The van der Waals surface area contributed by atoms with Crippen molar-refractivity contribution in [2.75, 3.05) is 38.3 Å². The van der Waals surface area contributed by atoms with Gasteiger partial charge in [0.2, 0.25) is 21.8 Å². The molecule has 232 valence electrons. The van der Waals surface area contributed by atoms with Crippen LogP contribution in [0.15, 0.2) is 64.9 Å². The van der Waals surface area contributed by atoms with E-state index in [1.54, 1.807) is 6.07 Å². The van der Waals surface area contributed by atoms with Gasteiger partial charge in [0.1, 0.15) is 28.7 Å². The highest BCUT2D eigenvalue weighted by Crippen LogP contribution is 2.37. The van der Waals surface area contributed by atoms with Gasteiger partial charge in [-0.2, -0.15) is 4.31 Å². The second kappa shape index (κ2) is 13.0. The number of methoxy groups -OCH3 is 1. The minimum Gasteiger partial charge on any atom is -0.495 e. The van der Waals surface area contributed by atoms with Crippen molar-refractivity contribution in [1.82, 2.24) is 24.6 Å². The number of amides is 2. The first-order valence-electron chi connectivity index (χ1n) is 14.6. The summed E-state index contributed by atoms with van der Waals surface area (Å²) in [6.45, 7) is 0.862. The van der Waals surface area contributed by atoms with Crippen LogP contribution in [-0.2, 0) is 30.9 Å². The normalized spacial score (nSPS) is 17.0. The molecule has 0 unspecified atom stereocenters. The summed E-state index contributed by atoms with van der Waals surface area (Å²) in [5.41, 5.74) is 1.63. The van der Waals surface area contributed by atoms with Crippen LogP contribution in [-0.4, -0.2) is 79.0 Å². The number of fused-ring (bicyclic) bond motifs is 1. The first-order valence-corrected chi connectivity index (χ1v) is 16.9. The van der Waals surface area contributed by atoms with Gasteiger partial charge in [-0.15, -0.1) is 16.4 Å². The Labute approximate surface area is 259 Å². The van der Waals surface area contributed by atoms with E-state index in [-0.39, 0.29) is 42.2 Å². The molecule has 6 rings (SSSR count). The van der Waals surface area contributed by atoms with Crippen LogP contribution in [0.5, 0.6) is 5.75 Å². The van der Waals surface area contributed by atoms with Crippen LogP contribution in [0.1, 0.15) is 36.6 Å².